The molecule has 0 aliphatic heterocycles. The van der Waals surface area contributed by atoms with Gasteiger partial charge in [0, 0.05) is 5.92 Å². The predicted octanol–water partition coefficient (Wildman–Crippen LogP) is 0.325. The van der Waals surface area contributed by atoms with Gasteiger partial charge < -0.3 is 9.63 Å². The maximum Gasteiger partial charge on any atom is 0.229 e. The van der Waals surface area contributed by atoms with Crippen LogP contribution in [0.2, 0.25) is 0 Å². The van der Waals surface area contributed by atoms with Crippen LogP contribution in [0.25, 0.3) is 0 Å². The third-order valence-electron chi connectivity index (χ3n) is 2.03. The number of aliphatic hydroxyl groups excluding tert-OH is 1. The largest absolute Gasteiger partial charge is 0.390 e. The van der Waals surface area contributed by atoms with Crippen molar-refractivity contribution in [2.24, 2.45) is 0 Å². The lowest BCUT2D eigenvalue weighted by Gasteiger charge is -1.93. The van der Waals surface area contributed by atoms with E-state index in [1.165, 1.54) is 0 Å². The fourth-order valence-electron chi connectivity index (χ4n) is 1.20. The van der Waals surface area contributed by atoms with Crippen LogP contribution in [-0.4, -0.2) is 30.2 Å². The zero-order chi connectivity index (χ0) is 11.5. The highest BCUT2D eigenvalue weighted by Crippen LogP contribution is 2.11. The first-order valence-corrected chi connectivity index (χ1v) is 5.01. The highest BCUT2D eigenvalue weighted by Gasteiger charge is 2.10. The Morgan fingerprint density at radius 2 is 2.31 bits per heavy atom. The van der Waals surface area contributed by atoms with Crippen molar-refractivity contribution in [1.82, 2.24) is 25.1 Å². The third-order valence-corrected chi connectivity index (χ3v) is 2.03. The number of aliphatic hydroxyl groups is 1. The quantitative estimate of drug-likeness (QED) is 0.803. The van der Waals surface area contributed by atoms with E-state index in [4.69, 9.17) is 9.63 Å². The van der Waals surface area contributed by atoms with E-state index < -0.39 is 0 Å². The number of rotatable bonds is 4. The summed E-state index contributed by atoms with van der Waals surface area (Å²) in [4.78, 5) is 4.21. The van der Waals surface area contributed by atoms with Crippen molar-refractivity contribution in [3.63, 3.8) is 0 Å². The molecule has 0 saturated carbocycles. The maximum absolute atomic E-state index is 8.83. The Morgan fingerprint density at radius 3 is 2.88 bits per heavy atom. The molecule has 0 saturated heterocycles. The van der Waals surface area contributed by atoms with E-state index in [0.29, 0.717) is 24.0 Å². The molecule has 0 unspecified atom stereocenters. The minimum atomic E-state index is -0.122. The van der Waals surface area contributed by atoms with Gasteiger partial charge in [-0.2, -0.15) is 4.98 Å². The monoisotopic (exact) mass is 223 g/mol. The molecule has 1 N–H and O–H groups in total. The summed E-state index contributed by atoms with van der Waals surface area (Å²) in [6.45, 7) is 4.24. The normalized spacial score (nSPS) is 11.2. The molecule has 0 atom stereocenters. The standard InChI is InChI=1S/C9H13N5O2/c1-6(2)9-10-8(12-16-9)4-14-3-7(5-15)11-13-14/h3,6,15H,4-5H2,1-2H3. The van der Waals surface area contributed by atoms with E-state index in [-0.39, 0.29) is 12.5 Å². The Morgan fingerprint density at radius 1 is 1.50 bits per heavy atom. The molecule has 0 aliphatic rings. The van der Waals surface area contributed by atoms with Crippen LogP contribution in [0.15, 0.2) is 10.7 Å². The fraction of sp³-hybridized carbons (Fsp3) is 0.556. The van der Waals surface area contributed by atoms with Crippen molar-refractivity contribution >= 4 is 0 Å². The van der Waals surface area contributed by atoms with Gasteiger partial charge in [0.1, 0.15) is 12.2 Å². The van der Waals surface area contributed by atoms with Crippen LogP contribution in [0.4, 0.5) is 0 Å². The summed E-state index contributed by atoms with van der Waals surface area (Å²) < 4.78 is 6.62. The molecular weight excluding hydrogens is 210 g/mol. The maximum atomic E-state index is 8.83. The molecule has 0 bridgehead atoms. The molecule has 0 fully saturated rings. The van der Waals surface area contributed by atoms with Crippen LogP contribution in [0.5, 0.6) is 0 Å². The fourth-order valence-corrected chi connectivity index (χ4v) is 1.20. The molecule has 2 rings (SSSR count). The molecule has 0 aromatic carbocycles. The molecule has 16 heavy (non-hydrogen) atoms. The van der Waals surface area contributed by atoms with E-state index in [2.05, 4.69) is 20.5 Å². The van der Waals surface area contributed by atoms with Gasteiger partial charge in [0.05, 0.1) is 12.8 Å². The van der Waals surface area contributed by atoms with Gasteiger partial charge >= 0.3 is 0 Å². The molecule has 0 amide bonds. The first-order chi connectivity index (χ1) is 7.69. The van der Waals surface area contributed by atoms with Crippen molar-refractivity contribution in [2.45, 2.75) is 32.9 Å². The summed E-state index contributed by atoms with van der Waals surface area (Å²) in [6, 6.07) is 0. The van der Waals surface area contributed by atoms with Gasteiger partial charge in [-0.3, -0.25) is 0 Å². The summed E-state index contributed by atoms with van der Waals surface area (Å²) in [5.41, 5.74) is 0.521. The molecule has 7 nitrogen and oxygen atoms in total. The summed E-state index contributed by atoms with van der Waals surface area (Å²) in [5.74, 6) is 1.38. The highest BCUT2D eigenvalue weighted by molar-refractivity contribution is 4.94. The van der Waals surface area contributed by atoms with Gasteiger partial charge in [0.15, 0.2) is 5.82 Å². The second-order valence-electron chi connectivity index (χ2n) is 3.77. The van der Waals surface area contributed by atoms with Gasteiger partial charge in [-0.05, 0) is 0 Å². The van der Waals surface area contributed by atoms with Crippen LogP contribution in [0, 0.1) is 0 Å². The lowest BCUT2D eigenvalue weighted by molar-refractivity contribution is 0.276. The zero-order valence-corrected chi connectivity index (χ0v) is 9.16. The van der Waals surface area contributed by atoms with Crippen molar-refractivity contribution < 1.29 is 9.63 Å². The Labute approximate surface area is 92.1 Å². The van der Waals surface area contributed by atoms with E-state index in [0.717, 1.165) is 0 Å². The molecule has 2 aromatic heterocycles. The Hall–Kier alpha value is -1.76. The summed E-state index contributed by atoms with van der Waals surface area (Å²) in [7, 11) is 0. The van der Waals surface area contributed by atoms with E-state index in [1.54, 1.807) is 10.9 Å². The van der Waals surface area contributed by atoms with E-state index >= 15 is 0 Å². The van der Waals surface area contributed by atoms with Gasteiger partial charge in [0.25, 0.3) is 0 Å². The van der Waals surface area contributed by atoms with Crippen LogP contribution in [-0.2, 0) is 13.2 Å². The molecule has 2 aromatic rings. The zero-order valence-electron chi connectivity index (χ0n) is 9.16. The lowest BCUT2D eigenvalue weighted by atomic mass is 10.2. The number of hydrogen-bond acceptors (Lipinski definition) is 6. The molecule has 2 heterocycles. The van der Waals surface area contributed by atoms with Crippen molar-refractivity contribution in [2.75, 3.05) is 0 Å². The van der Waals surface area contributed by atoms with Gasteiger partial charge in [0.2, 0.25) is 5.89 Å². The predicted molar refractivity (Wildman–Crippen MR) is 53.4 cm³/mol. The van der Waals surface area contributed by atoms with Crippen molar-refractivity contribution in [3.05, 3.63) is 23.6 Å². The number of nitrogens with zero attached hydrogens (tertiary/aromatic N) is 5. The molecule has 0 radical (unpaired) electrons. The summed E-state index contributed by atoms with van der Waals surface area (Å²) >= 11 is 0. The van der Waals surface area contributed by atoms with Crippen LogP contribution >= 0.6 is 0 Å². The first kappa shape index (κ1) is 10.7. The average Bonchev–Trinajstić information content (AvgIpc) is 2.87. The summed E-state index contributed by atoms with van der Waals surface area (Å²) in [5, 5.41) is 20.2. The van der Waals surface area contributed by atoms with Gasteiger partial charge in [-0.1, -0.05) is 24.2 Å². The number of aromatic nitrogens is 5. The smallest absolute Gasteiger partial charge is 0.229 e. The highest BCUT2D eigenvalue weighted by atomic mass is 16.5. The molecule has 0 spiro atoms. The average molecular weight is 223 g/mol. The van der Waals surface area contributed by atoms with Crippen molar-refractivity contribution in [1.29, 1.82) is 0 Å². The molecule has 0 aliphatic carbocycles. The van der Waals surface area contributed by atoms with E-state index in [1.807, 2.05) is 13.8 Å². The van der Waals surface area contributed by atoms with E-state index in [9.17, 15) is 0 Å². The summed E-state index contributed by atoms with van der Waals surface area (Å²) in [6.07, 6.45) is 1.64. The molecule has 7 heteroatoms. The Bertz CT molecular complexity index is 462. The minimum Gasteiger partial charge on any atom is -0.390 e. The second-order valence-corrected chi connectivity index (χ2v) is 3.77. The lowest BCUT2D eigenvalue weighted by Crippen LogP contribution is -2.02. The Balaban J connectivity index is 2.08. The first-order valence-electron chi connectivity index (χ1n) is 5.01. The molecular formula is C9H13N5O2. The number of hydrogen-bond donors (Lipinski definition) is 1. The van der Waals surface area contributed by atoms with Crippen LogP contribution < -0.4 is 0 Å². The second kappa shape index (κ2) is 4.40. The van der Waals surface area contributed by atoms with Crippen LogP contribution in [0.1, 0.15) is 37.2 Å². The topological polar surface area (TPSA) is 89.9 Å². The van der Waals surface area contributed by atoms with Crippen LogP contribution in [0.3, 0.4) is 0 Å². The SMILES string of the molecule is CC(C)c1nc(Cn2cc(CO)nn2)no1. The van der Waals surface area contributed by atoms with Gasteiger partial charge in [-0.25, -0.2) is 4.68 Å². The van der Waals surface area contributed by atoms with Crippen molar-refractivity contribution in [3.8, 4) is 0 Å². The minimum absolute atomic E-state index is 0.122. The Kier molecular flexibility index (Phi) is 2.95. The molecule has 86 valence electrons. The van der Waals surface area contributed by atoms with Gasteiger partial charge in [-0.15, -0.1) is 5.10 Å². The third kappa shape index (κ3) is 2.25.